The van der Waals surface area contributed by atoms with Crippen LogP contribution in [0.4, 0.5) is 9.52 Å². The molecule has 0 atom stereocenters. The van der Waals surface area contributed by atoms with E-state index in [0.717, 1.165) is 16.8 Å². The topological polar surface area (TPSA) is 59.2 Å². The Bertz CT molecular complexity index is 1170. The van der Waals surface area contributed by atoms with E-state index in [1.54, 1.807) is 29.3 Å². The van der Waals surface area contributed by atoms with E-state index < -0.39 is 0 Å². The number of hydrogen-bond donors (Lipinski definition) is 0. The van der Waals surface area contributed by atoms with Gasteiger partial charge in [0.1, 0.15) is 5.82 Å². The number of oxazole rings is 1. The van der Waals surface area contributed by atoms with Crippen LogP contribution in [0.3, 0.4) is 0 Å². The Morgan fingerprint density at radius 3 is 2.65 bits per heavy atom. The number of rotatable bonds is 8. The first-order chi connectivity index (χ1) is 15.1. The van der Waals surface area contributed by atoms with Gasteiger partial charge in [0.15, 0.2) is 16.8 Å². The first-order valence-electron chi connectivity index (χ1n) is 9.77. The molecule has 5 nitrogen and oxygen atoms in total. The second kappa shape index (κ2) is 9.49. The van der Waals surface area contributed by atoms with Crippen LogP contribution in [0.25, 0.3) is 22.6 Å². The molecule has 0 radical (unpaired) electrons. The lowest BCUT2D eigenvalue weighted by atomic mass is 10.2. The van der Waals surface area contributed by atoms with Crippen LogP contribution in [0.5, 0.6) is 0 Å². The SMILES string of the molecule is C=CCN(C(=O)CCc1ncc(-c2ccc(F)cc2)o1)c1nc(-c2ccccc2)cs1. The van der Waals surface area contributed by atoms with Crippen LogP contribution in [0.15, 0.2) is 83.2 Å². The van der Waals surface area contributed by atoms with Crippen molar-refractivity contribution >= 4 is 22.4 Å². The van der Waals surface area contributed by atoms with Crippen molar-refractivity contribution in [1.82, 2.24) is 9.97 Å². The summed E-state index contributed by atoms with van der Waals surface area (Å²) >= 11 is 1.42. The molecule has 31 heavy (non-hydrogen) atoms. The van der Waals surface area contributed by atoms with E-state index in [-0.39, 0.29) is 18.1 Å². The van der Waals surface area contributed by atoms with Crippen molar-refractivity contribution in [2.75, 3.05) is 11.4 Å². The Balaban J connectivity index is 1.43. The third-order valence-electron chi connectivity index (χ3n) is 4.64. The average Bonchev–Trinajstić information content (AvgIpc) is 3.47. The van der Waals surface area contributed by atoms with Gasteiger partial charge in [-0.05, 0) is 24.3 Å². The van der Waals surface area contributed by atoms with Gasteiger partial charge in [-0.15, -0.1) is 17.9 Å². The quantitative estimate of drug-likeness (QED) is 0.332. The number of benzene rings is 2. The molecule has 4 rings (SSSR count). The van der Waals surface area contributed by atoms with Crippen LogP contribution in [0.1, 0.15) is 12.3 Å². The number of nitrogens with zero attached hydrogens (tertiary/aromatic N) is 3. The maximum atomic E-state index is 13.1. The summed E-state index contributed by atoms with van der Waals surface area (Å²) in [4.78, 5) is 23.4. The lowest BCUT2D eigenvalue weighted by molar-refractivity contribution is -0.118. The molecule has 2 aromatic heterocycles. The maximum Gasteiger partial charge on any atom is 0.229 e. The average molecular weight is 434 g/mol. The normalized spacial score (nSPS) is 10.7. The molecule has 0 aliphatic carbocycles. The van der Waals surface area contributed by atoms with Gasteiger partial charge in [0.2, 0.25) is 5.91 Å². The molecular weight excluding hydrogens is 413 g/mol. The van der Waals surface area contributed by atoms with Crippen molar-refractivity contribution < 1.29 is 13.6 Å². The minimum atomic E-state index is -0.311. The van der Waals surface area contributed by atoms with Crippen molar-refractivity contribution in [3.8, 4) is 22.6 Å². The molecule has 2 heterocycles. The highest BCUT2D eigenvalue weighted by Crippen LogP contribution is 2.28. The predicted molar refractivity (Wildman–Crippen MR) is 120 cm³/mol. The molecule has 0 saturated heterocycles. The van der Waals surface area contributed by atoms with E-state index in [1.807, 2.05) is 35.7 Å². The third-order valence-corrected chi connectivity index (χ3v) is 5.50. The fraction of sp³-hybridized carbons (Fsp3) is 0.125. The van der Waals surface area contributed by atoms with Crippen LogP contribution in [0, 0.1) is 5.82 Å². The van der Waals surface area contributed by atoms with Crippen molar-refractivity contribution in [3.05, 3.63) is 90.5 Å². The number of carbonyl (C=O) groups is 1. The monoisotopic (exact) mass is 433 g/mol. The van der Waals surface area contributed by atoms with Gasteiger partial charge in [0.25, 0.3) is 0 Å². The molecule has 1 amide bonds. The number of aromatic nitrogens is 2. The Morgan fingerprint density at radius 1 is 1.13 bits per heavy atom. The van der Waals surface area contributed by atoms with Crippen LogP contribution in [-0.2, 0) is 11.2 Å². The van der Waals surface area contributed by atoms with Crippen molar-refractivity contribution in [2.45, 2.75) is 12.8 Å². The Labute approximate surface area is 183 Å². The molecule has 0 saturated carbocycles. The Hall–Kier alpha value is -3.58. The highest BCUT2D eigenvalue weighted by atomic mass is 32.1. The second-order valence-electron chi connectivity index (χ2n) is 6.80. The van der Waals surface area contributed by atoms with Gasteiger partial charge in [0, 0.05) is 35.9 Å². The number of halogens is 1. The van der Waals surface area contributed by atoms with Crippen LogP contribution >= 0.6 is 11.3 Å². The molecular formula is C24H20FN3O2S. The zero-order valence-electron chi connectivity index (χ0n) is 16.7. The molecule has 4 aromatic rings. The summed E-state index contributed by atoms with van der Waals surface area (Å²) in [6.45, 7) is 4.13. The lowest BCUT2D eigenvalue weighted by Gasteiger charge is -2.17. The predicted octanol–water partition coefficient (Wildman–Crippen LogP) is 5.76. The van der Waals surface area contributed by atoms with E-state index >= 15 is 0 Å². The van der Waals surface area contributed by atoms with Gasteiger partial charge in [-0.25, -0.2) is 14.4 Å². The molecule has 2 aromatic carbocycles. The molecule has 156 valence electrons. The summed E-state index contributed by atoms with van der Waals surface area (Å²) < 4.78 is 18.8. The number of aryl methyl sites for hydroxylation is 1. The fourth-order valence-electron chi connectivity index (χ4n) is 3.07. The minimum absolute atomic E-state index is 0.0876. The van der Waals surface area contributed by atoms with E-state index in [0.29, 0.717) is 29.7 Å². The molecule has 0 aliphatic heterocycles. The first-order valence-corrected chi connectivity index (χ1v) is 10.6. The van der Waals surface area contributed by atoms with E-state index in [2.05, 4.69) is 16.5 Å². The first kappa shape index (κ1) is 20.7. The Morgan fingerprint density at radius 2 is 1.90 bits per heavy atom. The summed E-state index contributed by atoms with van der Waals surface area (Å²) in [7, 11) is 0. The van der Waals surface area contributed by atoms with E-state index in [4.69, 9.17) is 4.42 Å². The van der Waals surface area contributed by atoms with Crippen LogP contribution < -0.4 is 4.90 Å². The van der Waals surface area contributed by atoms with Crippen LogP contribution in [-0.4, -0.2) is 22.4 Å². The number of thiazole rings is 1. The number of hydrogen-bond acceptors (Lipinski definition) is 5. The molecule has 0 spiro atoms. The highest BCUT2D eigenvalue weighted by molar-refractivity contribution is 7.14. The van der Waals surface area contributed by atoms with Gasteiger partial charge in [0.05, 0.1) is 11.9 Å². The summed E-state index contributed by atoms with van der Waals surface area (Å²) in [5, 5.41) is 2.57. The zero-order chi connectivity index (χ0) is 21.6. The summed E-state index contributed by atoms with van der Waals surface area (Å²) in [5.41, 5.74) is 2.57. The van der Waals surface area contributed by atoms with E-state index in [9.17, 15) is 9.18 Å². The summed E-state index contributed by atoms with van der Waals surface area (Å²) in [6.07, 6.45) is 3.84. The summed E-state index contributed by atoms with van der Waals surface area (Å²) in [5.74, 6) is 0.595. The highest BCUT2D eigenvalue weighted by Gasteiger charge is 2.19. The van der Waals surface area contributed by atoms with Gasteiger partial charge >= 0.3 is 0 Å². The minimum Gasteiger partial charge on any atom is -0.441 e. The van der Waals surface area contributed by atoms with Crippen molar-refractivity contribution in [3.63, 3.8) is 0 Å². The standard InChI is InChI=1S/C24H20FN3O2S/c1-2-14-28(24-27-20(16-31-24)17-6-4-3-5-7-17)23(29)13-12-22-26-15-21(30-22)18-8-10-19(25)11-9-18/h2-11,15-16H,1,12-14H2. The summed E-state index contributed by atoms with van der Waals surface area (Å²) in [6, 6.07) is 15.8. The zero-order valence-corrected chi connectivity index (χ0v) is 17.5. The molecule has 7 heteroatoms. The van der Waals surface area contributed by atoms with Gasteiger partial charge < -0.3 is 4.42 Å². The third kappa shape index (κ3) is 4.95. The Kier molecular flexibility index (Phi) is 6.33. The maximum absolute atomic E-state index is 13.1. The van der Waals surface area contributed by atoms with Crippen molar-refractivity contribution in [1.29, 1.82) is 0 Å². The second-order valence-corrected chi connectivity index (χ2v) is 7.64. The van der Waals surface area contributed by atoms with Gasteiger partial charge in [-0.1, -0.05) is 36.4 Å². The molecule has 0 unspecified atom stereocenters. The lowest BCUT2D eigenvalue weighted by Crippen LogP contribution is -2.31. The number of carbonyl (C=O) groups excluding carboxylic acids is 1. The largest absolute Gasteiger partial charge is 0.441 e. The number of anilines is 1. The van der Waals surface area contributed by atoms with E-state index in [1.165, 1.54) is 23.5 Å². The van der Waals surface area contributed by atoms with Crippen molar-refractivity contribution in [2.24, 2.45) is 0 Å². The molecule has 0 fully saturated rings. The van der Waals surface area contributed by atoms with Crippen LogP contribution in [0.2, 0.25) is 0 Å². The molecule has 0 aliphatic rings. The fourth-order valence-corrected chi connectivity index (χ4v) is 3.93. The van der Waals surface area contributed by atoms with Gasteiger partial charge in [-0.2, -0.15) is 0 Å². The molecule has 0 bridgehead atoms. The molecule has 0 N–H and O–H groups in total. The van der Waals surface area contributed by atoms with Gasteiger partial charge in [-0.3, -0.25) is 9.69 Å². The smallest absolute Gasteiger partial charge is 0.229 e. The number of amides is 1.